The summed E-state index contributed by atoms with van der Waals surface area (Å²) in [7, 11) is 4.81. The molecule has 2 aromatic carbocycles. The molecule has 0 fully saturated rings. The zero-order valence-corrected chi connectivity index (χ0v) is 11.8. The van der Waals surface area contributed by atoms with E-state index in [0.717, 1.165) is 11.1 Å². The number of methoxy groups -OCH3 is 3. The molecule has 3 nitrogen and oxygen atoms in total. The van der Waals surface area contributed by atoms with E-state index >= 15 is 0 Å². The summed E-state index contributed by atoms with van der Waals surface area (Å²) in [5.41, 5.74) is 1.68. The second kappa shape index (κ2) is 5.85. The molecular weight excluding hydrogens is 264 g/mol. The van der Waals surface area contributed by atoms with E-state index in [1.54, 1.807) is 33.5 Å². The third-order valence-electron chi connectivity index (χ3n) is 2.86. The molecule has 0 radical (unpaired) electrons. The number of benzene rings is 2. The first-order chi connectivity index (χ1) is 9.21. The maximum absolute atomic E-state index is 6.25. The predicted molar refractivity (Wildman–Crippen MR) is 76.5 cm³/mol. The van der Waals surface area contributed by atoms with Gasteiger partial charge in [0.25, 0.3) is 0 Å². The van der Waals surface area contributed by atoms with E-state index in [1.165, 1.54) is 0 Å². The highest BCUT2D eigenvalue weighted by atomic mass is 35.5. The molecule has 0 aliphatic heterocycles. The lowest BCUT2D eigenvalue weighted by Crippen LogP contribution is -1.95. The van der Waals surface area contributed by atoms with Crippen molar-refractivity contribution in [2.45, 2.75) is 0 Å². The third kappa shape index (κ3) is 2.61. The summed E-state index contributed by atoms with van der Waals surface area (Å²) in [6.45, 7) is 0. The average molecular weight is 279 g/mol. The van der Waals surface area contributed by atoms with Gasteiger partial charge in [0.2, 0.25) is 0 Å². The highest BCUT2D eigenvalue weighted by Crippen LogP contribution is 2.44. The van der Waals surface area contributed by atoms with Crippen LogP contribution in [0.15, 0.2) is 36.4 Å². The second-order valence-corrected chi connectivity index (χ2v) is 4.29. The van der Waals surface area contributed by atoms with Crippen molar-refractivity contribution in [3.05, 3.63) is 41.4 Å². The lowest BCUT2D eigenvalue weighted by Gasteiger charge is -2.16. The molecule has 2 aromatic rings. The zero-order chi connectivity index (χ0) is 13.8. The largest absolute Gasteiger partial charge is 0.496 e. The van der Waals surface area contributed by atoms with Crippen LogP contribution < -0.4 is 14.2 Å². The molecule has 0 amide bonds. The SMILES string of the molecule is COc1cc(OC)c(-c2ccccc2Cl)c(OC)c1. The first-order valence-corrected chi connectivity index (χ1v) is 6.14. The second-order valence-electron chi connectivity index (χ2n) is 3.89. The van der Waals surface area contributed by atoms with Crippen molar-refractivity contribution in [1.29, 1.82) is 0 Å². The molecule has 0 aliphatic carbocycles. The molecule has 0 saturated heterocycles. The van der Waals surface area contributed by atoms with E-state index in [4.69, 9.17) is 25.8 Å². The maximum Gasteiger partial charge on any atom is 0.134 e. The van der Waals surface area contributed by atoms with Gasteiger partial charge in [-0.1, -0.05) is 29.8 Å². The Morgan fingerprint density at radius 1 is 0.842 bits per heavy atom. The van der Waals surface area contributed by atoms with Gasteiger partial charge in [0, 0.05) is 22.7 Å². The van der Waals surface area contributed by atoms with Crippen molar-refractivity contribution in [2.24, 2.45) is 0 Å². The minimum absolute atomic E-state index is 0.643. The van der Waals surface area contributed by atoms with E-state index < -0.39 is 0 Å². The van der Waals surface area contributed by atoms with Gasteiger partial charge >= 0.3 is 0 Å². The van der Waals surface area contributed by atoms with Crippen LogP contribution in [0.1, 0.15) is 0 Å². The number of halogens is 1. The smallest absolute Gasteiger partial charge is 0.134 e. The summed E-state index contributed by atoms with van der Waals surface area (Å²) < 4.78 is 16.1. The van der Waals surface area contributed by atoms with Gasteiger partial charge in [0.1, 0.15) is 17.2 Å². The van der Waals surface area contributed by atoms with E-state index in [1.807, 2.05) is 24.3 Å². The fraction of sp³-hybridized carbons (Fsp3) is 0.200. The number of ether oxygens (including phenoxy) is 3. The fourth-order valence-corrected chi connectivity index (χ4v) is 2.17. The van der Waals surface area contributed by atoms with Crippen molar-refractivity contribution in [3.8, 4) is 28.4 Å². The van der Waals surface area contributed by atoms with Gasteiger partial charge in [0.15, 0.2) is 0 Å². The molecule has 4 heteroatoms. The van der Waals surface area contributed by atoms with Crippen molar-refractivity contribution in [1.82, 2.24) is 0 Å². The Balaban J connectivity index is 2.71. The van der Waals surface area contributed by atoms with Crippen LogP contribution in [0.3, 0.4) is 0 Å². The van der Waals surface area contributed by atoms with Crippen LogP contribution in [0.2, 0.25) is 5.02 Å². The minimum Gasteiger partial charge on any atom is -0.496 e. The lowest BCUT2D eigenvalue weighted by atomic mass is 10.0. The summed E-state index contributed by atoms with van der Waals surface area (Å²) in [5.74, 6) is 1.98. The molecule has 0 unspecified atom stereocenters. The van der Waals surface area contributed by atoms with E-state index in [0.29, 0.717) is 22.3 Å². The van der Waals surface area contributed by atoms with Gasteiger partial charge in [-0.3, -0.25) is 0 Å². The quantitative estimate of drug-likeness (QED) is 0.845. The first kappa shape index (κ1) is 13.6. The molecule has 0 N–H and O–H groups in total. The summed E-state index contributed by atoms with van der Waals surface area (Å²) in [4.78, 5) is 0. The van der Waals surface area contributed by atoms with Crippen molar-refractivity contribution in [2.75, 3.05) is 21.3 Å². The highest BCUT2D eigenvalue weighted by molar-refractivity contribution is 6.33. The summed E-state index contributed by atoms with van der Waals surface area (Å²) >= 11 is 6.25. The summed E-state index contributed by atoms with van der Waals surface area (Å²) in [5, 5.41) is 0.643. The van der Waals surface area contributed by atoms with Crippen LogP contribution in [-0.2, 0) is 0 Å². The number of rotatable bonds is 4. The van der Waals surface area contributed by atoms with E-state index in [2.05, 4.69) is 0 Å². The van der Waals surface area contributed by atoms with Crippen LogP contribution in [0, 0.1) is 0 Å². The average Bonchev–Trinajstić information content (AvgIpc) is 2.46. The zero-order valence-electron chi connectivity index (χ0n) is 11.1. The minimum atomic E-state index is 0.643. The molecule has 0 bridgehead atoms. The molecule has 0 atom stereocenters. The Morgan fingerprint density at radius 3 is 1.89 bits per heavy atom. The Labute approximate surface area is 117 Å². The highest BCUT2D eigenvalue weighted by Gasteiger charge is 2.17. The Bertz CT molecular complexity index is 556. The molecule has 100 valence electrons. The molecule has 0 spiro atoms. The number of hydrogen-bond acceptors (Lipinski definition) is 3. The molecule has 0 aliphatic rings. The monoisotopic (exact) mass is 278 g/mol. The first-order valence-electron chi connectivity index (χ1n) is 5.76. The fourth-order valence-electron chi connectivity index (χ4n) is 1.94. The van der Waals surface area contributed by atoms with Gasteiger partial charge in [0.05, 0.1) is 26.9 Å². The molecule has 0 saturated carbocycles. The Morgan fingerprint density at radius 2 is 1.42 bits per heavy atom. The normalized spacial score (nSPS) is 10.1. The Kier molecular flexibility index (Phi) is 4.17. The van der Waals surface area contributed by atoms with Crippen LogP contribution in [0.5, 0.6) is 17.2 Å². The van der Waals surface area contributed by atoms with E-state index in [9.17, 15) is 0 Å². The predicted octanol–water partition coefficient (Wildman–Crippen LogP) is 4.03. The van der Waals surface area contributed by atoms with E-state index in [-0.39, 0.29) is 0 Å². The summed E-state index contributed by atoms with van der Waals surface area (Å²) in [6.07, 6.45) is 0. The molecule has 19 heavy (non-hydrogen) atoms. The third-order valence-corrected chi connectivity index (χ3v) is 3.19. The summed E-state index contributed by atoms with van der Waals surface area (Å²) in [6, 6.07) is 11.2. The van der Waals surface area contributed by atoms with Crippen molar-refractivity contribution < 1.29 is 14.2 Å². The standard InChI is InChI=1S/C15H15ClO3/c1-17-10-8-13(18-2)15(14(9-10)19-3)11-6-4-5-7-12(11)16/h4-9H,1-3H3. The van der Waals surface area contributed by atoms with Gasteiger partial charge in [-0.2, -0.15) is 0 Å². The van der Waals surface area contributed by atoms with Gasteiger partial charge in [-0.25, -0.2) is 0 Å². The lowest BCUT2D eigenvalue weighted by molar-refractivity contribution is 0.377. The van der Waals surface area contributed by atoms with Gasteiger partial charge in [-0.05, 0) is 6.07 Å². The van der Waals surface area contributed by atoms with Crippen LogP contribution in [0.4, 0.5) is 0 Å². The number of hydrogen-bond donors (Lipinski definition) is 0. The molecule has 2 rings (SSSR count). The van der Waals surface area contributed by atoms with Crippen molar-refractivity contribution in [3.63, 3.8) is 0 Å². The van der Waals surface area contributed by atoms with Crippen molar-refractivity contribution >= 4 is 11.6 Å². The maximum atomic E-state index is 6.25. The Hall–Kier alpha value is -1.87. The van der Waals surface area contributed by atoms with Crippen LogP contribution in [0.25, 0.3) is 11.1 Å². The van der Waals surface area contributed by atoms with Gasteiger partial charge < -0.3 is 14.2 Å². The molecular formula is C15H15ClO3. The topological polar surface area (TPSA) is 27.7 Å². The molecule has 0 aromatic heterocycles. The van der Waals surface area contributed by atoms with Gasteiger partial charge in [-0.15, -0.1) is 0 Å². The van der Waals surface area contributed by atoms with Crippen LogP contribution in [-0.4, -0.2) is 21.3 Å². The van der Waals surface area contributed by atoms with Crippen LogP contribution >= 0.6 is 11.6 Å². The molecule has 0 heterocycles.